The number of hydrogen-bond donors (Lipinski definition) is 1. The molecule has 6 nitrogen and oxygen atoms in total. The number of aromatic amines is 1. The van der Waals surface area contributed by atoms with E-state index in [1.165, 1.54) is 5.56 Å². The molecule has 0 amide bonds. The second kappa shape index (κ2) is 7.42. The van der Waals surface area contributed by atoms with E-state index in [1.54, 1.807) is 11.2 Å². The van der Waals surface area contributed by atoms with Gasteiger partial charge in [-0.25, -0.2) is 13.4 Å². The van der Waals surface area contributed by atoms with Crippen LogP contribution in [0.3, 0.4) is 0 Å². The molecule has 2 heterocycles. The third kappa shape index (κ3) is 3.76. The van der Waals surface area contributed by atoms with Gasteiger partial charge in [-0.2, -0.15) is 4.31 Å². The largest absolute Gasteiger partial charge is 0.341 e. The molecule has 1 aromatic heterocycles. The summed E-state index contributed by atoms with van der Waals surface area (Å²) in [5.74, 6) is 0.813. The fourth-order valence-corrected chi connectivity index (χ4v) is 4.91. The number of para-hydroxylation sites is 2. The standard InChI is InChI=1S/C20H24N4O2S/c1-2-27(25,26)24-13-12-23(14-16-8-4-3-5-9-16)15-19(24)20-21-17-10-6-7-11-18(17)22-20/h3-11,19H,2,12-15H2,1H3,(H,21,22). The molecule has 1 fully saturated rings. The van der Waals surface area contributed by atoms with Crippen molar-refractivity contribution in [2.24, 2.45) is 0 Å². The van der Waals surface area contributed by atoms with Crippen molar-refractivity contribution in [1.82, 2.24) is 19.2 Å². The number of rotatable bonds is 5. The zero-order valence-corrected chi connectivity index (χ0v) is 16.2. The van der Waals surface area contributed by atoms with E-state index in [-0.39, 0.29) is 11.8 Å². The highest BCUT2D eigenvalue weighted by Gasteiger charge is 2.36. The van der Waals surface area contributed by atoms with Crippen molar-refractivity contribution < 1.29 is 8.42 Å². The lowest BCUT2D eigenvalue weighted by molar-refractivity contribution is 0.125. The zero-order valence-electron chi connectivity index (χ0n) is 15.4. The molecule has 7 heteroatoms. The van der Waals surface area contributed by atoms with Crippen molar-refractivity contribution in [3.8, 4) is 0 Å². The normalized spacial score (nSPS) is 19.5. The van der Waals surface area contributed by atoms with Crippen molar-refractivity contribution >= 4 is 21.1 Å². The SMILES string of the molecule is CCS(=O)(=O)N1CCN(Cc2ccccc2)CC1c1nc2ccccc2[nH]1. The maximum atomic E-state index is 12.7. The van der Waals surface area contributed by atoms with Crippen molar-refractivity contribution in [1.29, 1.82) is 0 Å². The van der Waals surface area contributed by atoms with E-state index in [1.807, 2.05) is 42.5 Å². The Labute approximate surface area is 159 Å². The first kappa shape index (κ1) is 18.2. The molecule has 0 spiro atoms. The number of fused-ring (bicyclic) bond motifs is 1. The number of imidazole rings is 1. The van der Waals surface area contributed by atoms with E-state index in [0.717, 1.165) is 17.6 Å². The smallest absolute Gasteiger partial charge is 0.214 e. The lowest BCUT2D eigenvalue weighted by atomic mass is 10.1. The molecule has 1 saturated heterocycles. The third-order valence-corrected chi connectivity index (χ3v) is 6.99. The predicted molar refractivity (Wildman–Crippen MR) is 107 cm³/mol. The van der Waals surface area contributed by atoms with Gasteiger partial charge >= 0.3 is 0 Å². The van der Waals surface area contributed by atoms with Crippen LogP contribution in [0, 0.1) is 0 Å². The van der Waals surface area contributed by atoms with Crippen LogP contribution in [0.1, 0.15) is 24.4 Å². The minimum Gasteiger partial charge on any atom is -0.341 e. The van der Waals surface area contributed by atoms with Crippen LogP contribution < -0.4 is 0 Å². The lowest BCUT2D eigenvalue weighted by Crippen LogP contribution is -2.50. The molecule has 142 valence electrons. The van der Waals surface area contributed by atoms with Crippen LogP contribution in [0.15, 0.2) is 54.6 Å². The van der Waals surface area contributed by atoms with Crippen molar-refractivity contribution in [3.05, 3.63) is 66.0 Å². The summed E-state index contributed by atoms with van der Waals surface area (Å²) in [7, 11) is -3.31. The van der Waals surface area contributed by atoms with Gasteiger partial charge in [0.25, 0.3) is 0 Å². The highest BCUT2D eigenvalue weighted by Crippen LogP contribution is 2.29. The molecule has 1 aliphatic rings. The Kier molecular flexibility index (Phi) is 4.99. The molecule has 27 heavy (non-hydrogen) atoms. The maximum absolute atomic E-state index is 12.7. The molecule has 1 aliphatic heterocycles. The van der Waals surface area contributed by atoms with Gasteiger partial charge in [0.05, 0.1) is 22.8 Å². The second-order valence-electron chi connectivity index (χ2n) is 6.89. The monoisotopic (exact) mass is 384 g/mol. The number of aromatic nitrogens is 2. The molecular formula is C20H24N4O2S. The van der Waals surface area contributed by atoms with Gasteiger partial charge in [0.2, 0.25) is 10.0 Å². The molecule has 2 aromatic carbocycles. The van der Waals surface area contributed by atoms with Crippen LogP contribution in [-0.2, 0) is 16.6 Å². The first-order valence-electron chi connectivity index (χ1n) is 9.27. The molecule has 4 rings (SSSR count). The third-order valence-electron chi connectivity index (χ3n) is 5.11. The minimum atomic E-state index is -3.31. The number of nitrogens with one attached hydrogen (secondary N) is 1. The molecule has 0 radical (unpaired) electrons. The van der Waals surface area contributed by atoms with Crippen LogP contribution in [-0.4, -0.2) is 53.0 Å². The second-order valence-corrected chi connectivity index (χ2v) is 9.10. The number of benzene rings is 2. The average Bonchev–Trinajstić information content (AvgIpc) is 3.13. The van der Waals surface area contributed by atoms with Gasteiger partial charge in [-0.15, -0.1) is 0 Å². The zero-order chi connectivity index (χ0) is 18.9. The molecular weight excluding hydrogens is 360 g/mol. The number of H-pyrrole nitrogens is 1. The molecule has 0 aliphatic carbocycles. The van der Waals surface area contributed by atoms with E-state index in [4.69, 9.17) is 0 Å². The number of piperazine rings is 1. The summed E-state index contributed by atoms with van der Waals surface area (Å²) in [4.78, 5) is 10.3. The van der Waals surface area contributed by atoms with E-state index in [9.17, 15) is 8.42 Å². The Bertz CT molecular complexity index is 984. The van der Waals surface area contributed by atoms with Crippen LogP contribution >= 0.6 is 0 Å². The number of hydrogen-bond acceptors (Lipinski definition) is 4. The molecule has 0 saturated carbocycles. The molecule has 1 unspecified atom stereocenters. The number of nitrogens with zero attached hydrogens (tertiary/aromatic N) is 3. The predicted octanol–water partition coefficient (Wildman–Crippen LogP) is 2.77. The first-order chi connectivity index (χ1) is 13.1. The lowest BCUT2D eigenvalue weighted by Gasteiger charge is -2.39. The summed E-state index contributed by atoms with van der Waals surface area (Å²) in [6, 6.07) is 17.8. The summed E-state index contributed by atoms with van der Waals surface area (Å²) in [5, 5.41) is 0. The van der Waals surface area contributed by atoms with Gasteiger partial charge in [-0.05, 0) is 24.6 Å². The average molecular weight is 385 g/mol. The fraction of sp³-hybridized carbons (Fsp3) is 0.350. The summed E-state index contributed by atoms with van der Waals surface area (Å²) in [6.07, 6.45) is 0. The summed E-state index contributed by atoms with van der Waals surface area (Å²) < 4.78 is 27.0. The van der Waals surface area contributed by atoms with E-state index in [0.29, 0.717) is 25.5 Å². The van der Waals surface area contributed by atoms with Crippen LogP contribution in [0.25, 0.3) is 11.0 Å². The summed E-state index contributed by atoms with van der Waals surface area (Å²) >= 11 is 0. The van der Waals surface area contributed by atoms with Gasteiger partial charge in [-0.3, -0.25) is 4.90 Å². The van der Waals surface area contributed by atoms with Crippen molar-refractivity contribution in [3.63, 3.8) is 0 Å². The van der Waals surface area contributed by atoms with Gasteiger partial charge in [-0.1, -0.05) is 42.5 Å². The maximum Gasteiger partial charge on any atom is 0.214 e. The van der Waals surface area contributed by atoms with Crippen molar-refractivity contribution in [2.75, 3.05) is 25.4 Å². The highest BCUT2D eigenvalue weighted by molar-refractivity contribution is 7.89. The Balaban J connectivity index is 1.65. The molecule has 1 N–H and O–H groups in total. The summed E-state index contributed by atoms with van der Waals surface area (Å²) in [6.45, 7) is 4.31. The Morgan fingerprint density at radius 2 is 1.81 bits per heavy atom. The van der Waals surface area contributed by atoms with Crippen LogP contribution in [0.2, 0.25) is 0 Å². The first-order valence-corrected chi connectivity index (χ1v) is 10.9. The molecule has 1 atom stereocenters. The van der Waals surface area contributed by atoms with E-state index in [2.05, 4.69) is 27.0 Å². The Morgan fingerprint density at radius 3 is 2.56 bits per heavy atom. The molecule has 0 bridgehead atoms. The van der Waals surface area contributed by atoms with Crippen molar-refractivity contribution in [2.45, 2.75) is 19.5 Å². The Morgan fingerprint density at radius 1 is 1.07 bits per heavy atom. The highest BCUT2D eigenvalue weighted by atomic mass is 32.2. The molecule has 3 aromatic rings. The van der Waals surface area contributed by atoms with Gasteiger partial charge in [0.1, 0.15) is 5.82 Å². The topological polar surface area (TPSA) is 69.3 Å². The van der Waals surface area contributed by atoms with Gasteiger partial charge < -0.3 is 4.98 Å². The van der Waals surface area contributed by atoms with E-state index < -0.39 is 10.0 Å². The summed E-state index contributed by atoms with van der Waals surface area (Å²) in [5.41, 5.74) is 3.02. The quantitative estimate of drug-likeness (QED) is 0.734. The fourth-order valence-electron chi connectivity index (χ4n) is 3.66. The van der Waals surface area contributed by atoms with E-state index >= 15 is 0 Å². The van der Waals surface area contributed by atoms with Gasteiger partial charge in [0, 0.05) is 26.2 Å². The Hall–Kier alpha value is -2.22. The van der Waals surface area contributed by atoms with Crippen LogP contribution in [0.4, 0.5) is 0 Å². The van der Waals surface area contributed by atoms with Crippen LogP contribution in [0.5, 0.6) is 0 Å². The van der Waals surface area contributed by atoms with Gasteiger partial charge in [0.15, 0.2) is 0 Å². The number of sulfonamides is 1. The minimum absolute atomic E-state index is 0.0996.